The SMILES string of the molecule is COCCOCCOc1ccc(C#CCN)c(C)c1. The van der Waals surface area contributed by atoms with E-state index in [1.54, 1.807) is 7.11 Å². The molecule has 19 heavy (non-hydrogen) atoms. The van der Waals surface area contributed by atoms with Crippen molar-refractivity contribution in [2.75, 3.05) is 40.1 Å². The first-order valence-corrected chi connectivity index (χ1v) is 6.27. The van der Waals surface area contributed by atoms with Crippen LogP contribution in [-0.2, 0) is 9.47 Å². The lowest BCUT2D eigenvalue weighted by Gasteiger charge is -2.08. The molecule has 0 heterocycles. The van der Waals surface area contributed by atoms with Crippen LogP contribution in [-0.4, -0.2) is 40.1 Å². The molecule has 0 radical (unpaired) electrons. The summed E-state index contributed by atoms with van der Waals surface area (Å²) < 4.78 is 15.8. The fourth-order valence-electron chi connectivity index (χ4n) is 1.48. The topological polar surface area (TPSA) is 53.7 Å². The van der Waals surface area contributed by atoms with Crippen molar-refractivity contribution in [3.05, 3.63) is 29.3 Å². The van der Waals surface area contributed by atoms with Crippen LogP contribution < -0.4 is 10.5 Å². The lowest BCUT2D eigenvalue weighted by molar-refractivity contribution is 0.0544. The second kappa shape index (κ2) is 9.40. The molecule has 0 aromatic heterocycles. The number of hydrogen-bond acceptors (Lipinski definition) is 4. The summed E-state index contributed by atoms with van der Waals surface area (Å²) in [6.45, 7) is 4.65. The van der Waals surface area contributed by atoms with Crippen LogP contribution in [0.4, 0.5) is 0 Å². The minimum Gasteiger partial charge on any atom is -0.491 e. The van der Waals surface area contributed by atoms with Gasteiger partial charge in [-0.2, -0.15) is 0 Å². The fraction of sp³-hybridized carbons (Fsp3) is 0.467. The normalized spacial score (nSPS) is 9.84. The highest BCUT2D eigenvalue weighted by atomic mass is 16.5. The van der Waals surface area contributed by atoms with Crippen molar-refractivity contribution < 1.29 is 14.2 Å². The summed E-state index contributed by atoms with van der Waals surface area (Å²) in [6.07, 6.45) is 0. The van der Waals surface area contributed by atoms with Crippen LogP contribution in [0.1, 0.15) is 11.1 Å². The number of hydrogen-bond donors (Lipinski definition) is 1. The average molecular weight is 263 g/mol. The third-order valence-corrected chi connectivity index (χ3v) is 2.45. The van der Waals surface area contributed by atoms with Gasteiger partial charge in [-0.3, -0.25) is 0 Å². The van der Waals surface area contributed by atoms with Crippen molar-refractivity contribution in [3.63, 3.8) is 0 Å². The highest BCUT2D eigenvalue weighted by Gasteiger charge is 1.99. The van der Waals surface area contributed by atoms with Gasteiger partial charge in [-0.25, -0.2) is 0 Å². The first-order valence-electron chi connectivity index (χ1n) is 6.27. The van der Waals surface area contributed by atoms with E-state index < -0.39 is 0 Å². The molecule has 0 bridgehead atoms. The van der Waals surface area contributed by atoms with Gasteiger partial charge in [0.15, 0.2) is 0 Å². The molecule has 0 atom stereocenters. The first kappa shape index (κ1) is 15.5. The van der Waals surface area contributed by atoms with Crippen molar-refractivity contribution in [1.29, 1.82) is 0 Å². The third kappa shape index (κ3) is 6.25. The van der Waals surface area contributed by atoms with Gasteiger partial charge < -0.3 is 19.9 Å². The van der Waals surface area contributed by atoms with E-state index >= 15 is 0 Å². The molecule has 4 heteroatoms. The Hall–Kier alpha value is -1.54. The van der Waals surface area contributed by atoms with Crippen LogP contribution in [0, 0.1) is 18.8 Å². The minimum absolute atomic E-state index is 0.372. The molecule has 0 spiro atoms. The molecule has 4 nitrogen and oxygen atoms in total. The molecule has 0 fully saturated rings. The maximum atomic E-state index is 5.59. The van der Waals surface area contributed by atoms with Gasteiger partial charge in [0.1, 0.15) is 12.4 Å². The first-order chi connectivity index (χ1) is 9.27. The van der Waals surface area contributed by atoms with Gasteiger partial charge in [-0.1, -0.05) is 11.8 Å². The molecule has 1 aromatic carbocycles. The second-order valence-corrected chi connectivity index (χ2v) is 3.94. The van der Waals surface area contributed by atoms with E-state index in [-0.39, 0.29) is 0 Å². The van der Waals surface area contributed by atoms with Gasteiger partial charge in [0.05, 0.1) is 26.4 Å². The third-order valence-electron chi connectivity index (χ3n) is 2.45. The Kier molecular flexibility index (Phi) is 7.68. The van der Waals surface area contributed by atoms with Crippen LogP contribution in [0.15, 0.2) is 18.2 Å². The molecule has 104 valence electrons. The molecular weight excluding hydrogens is 242 g/mol. The second-order valence-electron chi connectivity index (χ2n) is 3.94. The zero-order chi connectivity index (χ0) is 13.9. The van der Waals surface area contributed by atoms with E-state index in [0.717, 1.165) is 16.9 Å². The predicted octanol–water partition coefficient (Wildman–Crippen LogP) is 1.35. The standard InChI is InChI=1S/C15H21NO3/c1-13-12-15(6-5-14(13)4-3-7-16)19-11-10-18-9-8-17-2/h5-6,12H,7-11,16H2,1-2H3. The number of ether oxygens (including phenoxy) is 3. The highest BCUT2D eigenvalue weighted by molar-refractivity contribution is 5.44. The predicted molar refractivity (Wildman–Crippen MR) is 75.3 cm³/mol. The summed E-state index contributed by atoms with van der Waals surface area (Å²) in [5.74, 6) is 6.69. The van der Waals surface area contributed by atoms with Gasteiger partial charge in [0, 0.05) is 12.7 Å². The molecule has 0 saturated heterocycles. The number of benzene rings is 1. The smallest absolute Gasteiger partial charge is 0.119 e. The van der Waals surface area contributed by atoms with Gasteiger partial charge in [0.2, 0.25) is 0 Å². The molecule has 2 N–H and O–H groups in total. The Morgan fingerprint density at radius 3 is 2.63 bits per heavy atom. The van der Waals surface area contributed by atoms with E-state index in [0.29, 0.717) is 33.0 Å². The van der Waals surface area contributed by atoms with Gasteiger partial charge in [0.25, 0.3) is 0 Å². The Bertz CT molecular complexity index is 435. The maximum Gasteiger partial charge on any atom is 0.119 e. The van der Waals surface area contributed by atoms with E-state index in [1.807, 2.05) is 25.1 Å². The van der Waals surface area contributed by atoms with Crippen LogP contribution in [0.25, 0.3) is 0 Å². The molecule has 0 aliphatic heterocycles. The quantitative estimate of drug-likeness (QED) is 0.596. The van der Waals surface area contributed by atoms with Gasteiger partial charge in [-0.15, -0.1) is 0 Å². The highest BCUT2D eigenvalue weighted by Crippen LogP contribution is 2.16. The van der Waals surface area contributed by atoms with Gasteiger partial charge in [-0.05, 0) is 30.7 Å². The van der Waals surface area contributed by atoms with Crippen LogP contribution in [0.5, 0.6) is 5.75 Å². The zero-order valence-electron chi connectivity index (χ0n) is 11.6. The van der Waals surface area contributed by atoms with Crippen molar-refractivity contribution in [2.45, 2.75) is 6.92 Å². The Labute approximate surface area is 114 Å². The molecule has 0 aliphatic carbocycles. The van der Waals surface area contributed by atoms with Crippen molar-refractivity contribution in [2.24, 2.45) is 5.73 Å². The molecule has 0 unspecified atom stereocenters. The molecule has 0 saturated carbocycles. The molecular formula is C15H21NO3. The summed E-state index contributed by atoms with van der Waals surface area (Å²) >= 11 is 0. The van der Waals surface area contributed by atoms with Crippen molar-refractivity contribution in [1.82, 2.24) is 0 Å². The van der Waals surface area contributed by atoms with Crippen molar-refractivity contribution >= 4 is 0 Å². The molecule has 0 aliphatic rings. The minimum atomic E-state index is 0.372. The fourth-order valence-corrected chi connectivity index (χ4v) is 1.48. The largest absolute Gasteiger partial charge is 0.491 e. The lowest BCUT2D eigenvalue weighted by Crippen LogP contribution is -2.10. The molecule has 1 aromatic rings. The van der Waals surface area contributed by atoms with E-state index in [2.05, 4.69) is 11.8 Å². The number of nitrogens with two attached hydrogens (primary N) is 1. The number of methoxy groups -OCH3 is 1. The molecule has 0 amide bonds. The number of rotatable bonds is 7. The summed E-state index contributed by atoms with van der Waals surface area (Å²) in [5, 5.41) is 0. The van der Waals surface area contributed by atoms with Crippen molar-refractivity contribution in [3.8, 4) is 17.6 Å². The zero-order valence-corrected chi connectivity index (χ0v) is 11.6. The Morgan fingerprint density at radius 2 is 1.95 bits per heavy atom. The lowest BCUT2D eigenvalue weighted by atomic mass is 10.1. The summed E-state index contributed by atoms with van der Waals surface area (Å²) in [4.78, 5) is 0. The Balaban J connectivity index is 2.37. The Morgan fingerprint density at radius 1 is 1.16 bits per heavy atom. The maximum absolute atomic E-state index is 5.59. The molecule has 1 rings (SSSR count). The summed E-state index contributed by atoms with van der Waals surface area (Å²) in [7, 11) is 1.65. The summed E-state index contributed by atoms with van der Waals surface area (Å²) in [5.41, 5.74) is 7.41. The average Bonchev–Trinajstić information content (AvgIpc) is 2.42. The van der Waals surface area contributed by atoms with Gasteiger partial charge >= 0.3 is 0 Å². The van der Waals surface area contributed by atoms with E-state index in [1.165, 1.54) is 0 Å². The monoisotopic (exact) mass is 263 g/mol. The number of aryl methyl sites for hydroxylation is 1. The van der Waals surface area contributed by atoms with Crippen LogP contribution in [0.3, 0.4) is 0 Å². The van der Waals surface area contributed by atoms with E-state index in [4.69, 9.17) is 19.9 Å². The van der Waals surface area contributed by atoms with Crippen LogP contribution >= 0.6 is 0 Å². The summed E-state index contributed by atoms with van der Waals surface area (Å²) in [6, 6.07) is 5.82. The van der Waals surface area contributed by atoms with E-state index in [9.17, 15) is 0 Å². The van der Waals surface area contributed by atoms with Crippen LogP contribution in [0.2, 0.25) is 0 Å².